The molecule has 0 saturated heterocycles. The van der Waals surface area contributed by atoms with Gasteiger partial charge in [0.1, 0.15) is 11.6 Å². The number of hydrogen-bond acceptors (Lipinski definition) is 4. The molecule has 0 aliphatic rings. The van der Waals surface area contributed by atoms with Crippen molar-refractivity contribution in [2.75, 3.05) is 11.1 Å². The Morgan fingerprint density at radius 1 is 1.04 bits per heavy atom. The summed E-state index contributed by atoms with van der Waals surface area (Å²) in [6.45, 7) is 1.28. The molecule has 0 spiro atoms. The van der Waals surface area contributed by atoms with Crippen LogP contribution in [0.2, 0.25) is 0 Å². The molecule has 0 aliphatic heterocycles. The van der Waals surface area contributed by atoms with Gasteiger partial charge in [-0.2, -0.15) is 10.5 Å². The topological polar surface area (TPSA) is 103 Å². The molecule has 0 heterocycles. The van der Waals surface area contributed by atoms with E-state index in [9.17, 15) is 13.6 Å². The predicted octanol–water partition coefficient (Wildman–Crippen LogP) is 2.94. The van der Waals surface area contributed by atoms with Gasteiger partial charge in [0, 0.05) is 6.92 Å². The minimum Gasteiger partial charge on any atom is -0.396 e. The number of anilines is 2. The highest BCUT2D eigenvalue weighted by atomic mass is 19.1. The molecular weight excluding hydrogens is 302 g/mol. The lowest BCUT2D eigenvalue weighted by molar-refractivity contribution is -0.114. The third-order valence-corrected chi connectivity index (χ3v) is 2.53. The second-order valence-electron chi connectivity index (χ2n) is 4.34. The molecule has 0 radical (unpaired) electrons. The molecule has 5 nitrogen and oxygen atoms in total. The van der Waals surface area contributed by atoms with E-state index in [2.05, 4.69) is 5.32 Å². The monoisotopic (exact) mass is 314 g/mol. The fraction of sp³-hybridized carbons (Fsp3) is 0.0625. The Kier molecular flexibility index (Phi) is 6.20. The van der Waals surface area contributed by atoms with Crippen molar-refractivity contribution in [3.05, 3.63) is 59.2 Å². The lowest BCUT2D eigenvalue weighted by Gasteiger charge is -2.02. The van der Waals surface area contributed by atoms with Gasteiger partial charge in [0.25, 0.3) is 0 Å². The molecule has 2 aromatic carbocycles. The van der Waals surface area contributed by atoms with E-state index in [1.807, 2.05) is 12.1 Å². The SMILES string of the molecule is CC(=O)Nc1cc(C#N)ccc1F.N#Cc1ccc(F)c(N)c1. The standard InChI is InChI=1S/C9H7FN2O.C7H5FN2/c1-6(13)12-9-4-7(5-11)2-3-8(9)10;8-6-2-1-5(4-9)3-7(6)10/h2-4H,1H3,(H,12,13);1-3H,10H2. The van der Waals surface area contributed by atoms with Gasteiger partial charge in [-0.1, -0.05) is 0 Å². The average molecular weight is 314 g/mol. The summed E-state index contributed by atoms with van der Waals surface area (Å²) in [7, 11) is 0. The zero-order chi connectivity index (χ0) is 17.4. The van der Waals surface area contributed by atoms with Crippen LogP contribution >= 0.6 is 0 Å². The lowest BCUT2D eigenvalue weighted by atomic mass is 10.2. The van der Waals surface area contributed by atoms with Crippen LogP contribution < -0.4 is 11.1 Å². The summed E-state index contributed by atoms with van der Waals surface area (Å²) in [6.07, 6.45) is 0. The van der Waals surface area contributed by atoms with Crippen LogP contribution in [-0.4, -0.2) is 5.91 Å². The van der Waals surface area contributed by atoms with Crippen LogP contribution in [0.4, 0.5) is 20.2 Å². The smallest absolute Gasteiger partial charge is 0.221 e. The molecule has 0 aliphatic carbocycles. The number of nitrogens with two attached hydrogens (primary N) is 1. The maximum absolute atomic E-state index is 12.9. The third-order valence-electron chi connectivity index (χ3n) is 2.53. The molecule has 0 saturated carbocycles. The van der Waals surface area contributed by atoms with E-state index in [0.717, 1.165) is 6.07 Å². The van der Waals surface area contributed by atoms with Crippen LogP contribution in [0.3, 0.4) is 0 Å². The highest BCUT2D eigenvalue weighted by Gasteiger charge is 2.04. The summed E-state index contributed by atoms with van der Waals surface area (Å²) in [5, 5.41) is 19.1. The Morgan fingerprint density at radius 2 is 1.57 bits per heavy atom. The van der Waals surface area contributed by atoms with Crippen molar-refractivity contribution in [3.63, 3.8) is 0 Å². The fourth-order valence-corrected chi connectivity index (χ4v) is 1.49. The molecule has 116 valence electrons. The maximum atomic E-state index is 12.9. The molecule has 0 aromatic heterocycles. The molecule has 7 heteroatoms. The quantitative estimate of drug-likeness (QED) is 0.790. The number of carbonyl (C=O) groups is 1. The van der Waals surface area contributed by atoms with Gasteiger partial charge in [-0.3, -0.25) is 4.79 Å². The van der Waals surface area contributed by atoms with E-state index in [-0.39, 0.29) is 17.3 Å². The summed E-state index contributed by atoms with van der Waals surface area (Å²) >= 11 is 0. The van der Waals surface area contributed by atoms with Crippen molar-refractivity contribution in [1.82, 2.24) is 0 Å². The second kappa shape index (κ2) is 8.11. The fourth-order valence-electron chi connectivity index (χ4n) is 1.49. The second-order valence-corrected chi connectivity index (χ2v) is 4.34. The van der Waals surface area contributed by atoms with Crippen molar-refractivity contribution in [3.8, 4) is 12.1 Å². The van der Waals surface area contributed by atoms with Gasteiger partial charge < -0.3 is 11.1 Å². The maximum Gasteiger partial charge on any atom is 0.221 e. The highest BCUT2D eigenvalue weighted by Crippen LogP contribution is 2.15. The van der Waals surface area contributed by atoms with Gasteiger partial charge in [-0.25, -0.2) is 8.78 Å². The zero-order valence-corrected chi connectivity index (χ0v) is 12.1. The Hall–Kier alpha value is -3.45. The molecule has 0 unspecified atom stereocenters. The lowest BCUT2D eigenvalue weighted by Crippen LogP contribution is -2.07. The van der Waals surface area contributed by atoms with Crippen molar-refractivity contribution in [2.24, 2.45) is 0 Å². The van der Waals surface area contributed by atoms with E-state index in [4.69, 9.17) is 16.3 Å². The normalized spacial score (nSPS) is 8.91. The van der Waals surface area contributed by atoms with E-state index in [0.29, 0.717) is 11.1 Å². The number of benzene rings is 2. The van der Waals surface area contributed by atoms with Crippen LogP contribution in [0.1, 0.15) is 18.1 Å². The average Bonchev–Trinajstić information content (AvgIpc) is 2.52. The Morgan fingerprint density at radius 3 is 2.04 bits per heavy atom. The molecule has 2 aromatic rings. The van der Waals surface area contributed by atoms with Gasteiger partial charge in [0.05, 0.1) is 34.6 Å². The first-order chi connectivity index (χ1) is 10.9. The Balaban J connectivity index is 0.000000238. The predicted molar refractivity (Wildman–Crippen MR) is 80.9 cm³/mol. The number of nitriles is 2. The summed E-state index contributed by atoms with van der Waals surface area (Å²) in [6, 6.07) is 11.3. The van der Waals surface area contributed by atoms with Crippen LogP contribution in [0.5, 0.6) is 0 Å². The van der Waals surface area contributed by atoms with Crippen molar-refractivity contribution in [2.45, 2.75) is 6.92 Å². The minimum atomic E-state index is -0.547. The van der Waals surface area contributed by atoms with Gasteiger partial charge in [-0.05, 0) is 36.4 Å². The first kappa shape index (κ1) is 17.6. The number of halogens is 2. The first-order valence-corrected chi connectivity index (χ1v) is 6.29. The molecule has 0 fully saturated rings. The zero-order valence-electron chi connectivity index (χ0n) is 12.1. The molecular formula is C16H12F2N4O. The van der Waals surface area contributed by atoms with Crippen LogP contribution in [0.15, 0.2) is 36.4 Å². The number of nitrogens with one attached hydrogen (secondary N) is 1. The van der Waals surface area contributed by atoms with E-state index >= 15 is 0 Å². The molecule has 0 bridgehead atoms. The molecule has 0 atom stereocenters. The Bertz CT molecular complexity index is 807. The van der Waals surface area contributed by atoms with Crippen LogP contribution in [0.25, 0.3) is 0 Å². The number of carbonyl (C=O) groups excluding carboxylic acids is 1. The summed E-state index contributed by atoms with van der Waals surface area (Å²) in [5.41, 5.74) is 5.90. The van der Waals surface area contributed by atoms with Gasteiger partial charge >= 0.3 is 0 Å². The number of nitrogen functional groups attached to an aromatic ring is 1. The van der Waals surface area contributed by atoms with Gasteiger partial charge in [0.2, 0.25) is 5.91 Å². The first-order valence-electron chi connectivity index (χ1n) is 6.29. The van der Waals surface area contributed by atoms with Crippen molar-refractivity contribution < 1.29 is 13.6 Å². The van der Waals surface area contributed by atoms with E-state index < -0.39 is 11.6 Å². The van der Waals surface area contributed by atoms with Gasteiger partial charge in [0.15, 0.2) is 0 Å². The van der Waals surface area contributed by atoms with Crippen LogP contribution in [0, 0.1) is 34.3 Å². The third kappa shape index (κ3) is 5.44. The Labute approximate surface area is 131 Å². The van der Waals surface area contributed by atoms with Crippen molar-refractivity contribution in [1.29, 1.82) is 10.5 Å². The largest absolute Gasteiger partial charge is 0.396 e. The summed E-state index contributed by atoms with van der Waals surface area (Å²) in [4.78, 5) is 10.6. The minimum absolute atomic E-state index is 0.0130. The molecule has 3 N–H and O–H groups in total. The van der Waals surface area contributed by atoms with E-state index in [1.54, 1.807) is 0 Å². The number of nitrogens with zero attached hydrogens (tertiary/aromatic N) is 2. The molecule has 23 heavy (non-hydrogen) atoms. The molecule has 2 rings (SSSR count). The number of rotatable bonds is 1. The number of amides is 1. The summed E-state index contributed by atoms with van der Waals surface area (Å²) in [5.74, 6) is -1.40. The van der Waals surface area contributed by atoms with Crippen LogP contribution in [-0.2, 0) is 4.79 Å². The highest BCUT2D eigenvalue weighted by molar-refractivity contribution is 5.88. The molecule has 1 amide bonds. The summed E-state index contributed by atoms with van der Waals surface area (Å²) < 4.78 is 25.3. The van der Waals surface area contributed by atoms with E-state index in [1.165, 1.54) is 37.3 Å². The van der Waals surface area contributed by atoms with Crippen molar-refractivity contribution >= 4 is 17.3 Å². The number of hydrogen-bond donors (Lipinski definition) is 2. The van der Waals surface area contributed by atoms with Gasteiger partial charge in [-0.15, -0.1) is 0 Å².